The van der Waals surface area contributed by atoms with Crippen LogP contribution in [0.5, 0.6) is 0 Å². The summed E-state index contributed by atoms with van der Waals surface area (Å²) in [4.78, 5) is 10.5. The Kier molecular flexibility index (Phi) is 2.57. The molecular weight excluding hydrogens is 237 g/mol. The Bertz CT molecular complexity index is 569. The zero-order valence-electron chi connectivity index (χ0n) is 8.41. The van der Waals surface area contributed by atoms with Gasteiger partial charge in [-0.05, 0) is 23.8 Å². The molecule has 3 nitrogen and oxygen atoms in total. The first-order chi connectivity index (χ1) is 7.86. The van der Waals surface area contributed by atoms with E-state index >= 15 is 0 Å². The number of rotatable bonds is 2. The van der Waals surface area contributed by atoms with Gasteiger partial charge in [0.15, 0.2) is 0 Å². The van der Waals surface area contributed by atoms with Gasteiger partial charge in [-0.25, -0.2) is 0 Å². The van der Waals surface area contributed by atoms with Gasteiger partial charge in [-0.1, -0.05) is 6.07 Å². The topological polar surface area (TPSA) is 50.4 Å². The van der Waals surface area contributed by atoms with Gasteiger partial charge in [-0.3, -0.25) is 4.79 Å². The Hall–Kier alpha value is -1.98. The third-order valence-corrected chi connectivity index (χ3v) is 2.22. The lowest BCUT2D eigenvalue weighted by Gasteiger charge is -1.98. The molecule has 0 aliphatic heterocycles. The second kappa shape index (κ2) is 3.80. The third-order valence-electron chi connectivity index (χ3n) is 2.22. The summed E-state index contributed by atoms with van der Waals surface area (Å²) in [5, 5.41) is 8.82. The quantitative estimate of drug-likeness (QED) is 0.883. The maximum Gasteiger partial charge on any atom is 0.449 e. The molecule has 0 aliphatic carbocycles. The predicted molar refractivity (Wildman–Crippen MR) is 52.6 cm³/mol. The van der Waals surface area contributed by atoms with E-state index in [1.165, 1.54) is 18.2 Å². The number of aliphatic carboxylic acids is 1. The van der Waals surface area contributed by atoms with E-state index in [-0.39, 0.29) is 17.4 Å². The highest BCUT2D eigenvalue weighted by Gasteiger charge is 2.35. The second-order valence-electron chi connectivity index (χ2n) is 3.55. The lowest BCUT2D eigenvalue weighted by atomic mass is 10.1. The maximum absolute atomic E-state index is 12.3. The fourth-order valence-electron chi connectivity index (χ4n) is 1.52. The van der Waals surface area contributed by atoms with Crippen molar-refractivity contribution in [1.82, 2.24) is 0 Å². The first-order valence-electron chi connectivity index (χ1n) is 4.68. The van der Waals surface area contributed by atoms with Crippen LogP contribution < -0.4 is 0 Å². The average Bonchev–Trinajstić information content (AvgIpc) is 2.58. The molecule has 0 saturated carbocycles. The monoisotopic (exact) mass is 244 g/mol. The van der Waals surface area contributed by atoms with Crippen LogP contribution in [0.4, 0.5) is 13.2 Å². The van der Waals surface area contributed by atoms with Gasteiger partial charge in [0.05, 0.1) is 6.42 Å². The minimum Gasteiger partial charge on any atom is -0.481 e. The van der Waals surface area contributed by atoms with Gasteiger partial charge in [-0.2, -0.15) is 13.2 Å². The molecule has 0 unspecified atom stereocenters. The Labute approximate surface area is 93.5 Å². The number of alkyl halides is 3. The average molecular weight is 244 g/mol. The molecule has 0 saturated heterocycles. The number of furan rings is 1. The molecule has 0 fully saturated rings. The number of carboxylic acid groups (broad SMARTS) is 1. The predicted octanol–water partition coefficient (Wildman–Crippen LogP) is 3.08. The Morgan fingerprint density at radius 2 is 2.00 bits per heavy atom. The number of fused-ring (bicyclic) bond motifs is 1. The summed E-state index contributed by atoms with van der Waals surface area (Å²) in [7, 11) is 0. The molecule has 17 heavy (non-hydrogen) atoms. The number of hydrogen-bond donors (Lipinski definition) is 1. The first kappa shape index (κ1) is 11.5. The molecule has 0 atom stereocenters. The molecule has 6 heteroatoms. The van der Waals surface area contributed by atoms with Crippen molar-refractivity contribution in [3.05, 3.63) is 35.6 Å². The van der Waals surface area contributed by atoms with Gasteiger partial charge in [0, 0.05) is 5.39 Å². The molecule has 1 aromatic heterocycles. The van der Waals surface area contributed by atoms with Gasteiger partial charge in [0.2, 0.25) is 5.76 Å². The highest BCUT2D eigenvalue weighted by molar-refractivity contribution is 5.80. The summed E-state index contributed by atoms with van der Waals surface area (Å²) in [6.07, 6.45) is -4.77. The van der Waals surface area contributed by atoms with Crippen molar-refractivity contribution < 1.29 is 27.5 Å². The highest BCUT2D eigenvalue weighted by atomic mass is 19.4. The number of halogens is 3. The molecule has 1 heterocycles. The van der Waals surface area contributed by atoms with E-state index in [0.29, 0.717) is 5.56 Å². The summed E-state index contributed by atoms with van der Waals surface area (Å²) in [6.45, 7) is 0. The Morgan fingerprint density at radius 1 is 1.29 bits per heavy atom. The van der Waals surface area contributed by atoms with Crippen LogP contribution in [-0.4, -0.2) is 11.1 Å². The van der Waals surface area contributed by atoms with Crippen molar-refractivity contribution in [2.45, 2.75) is 12.6 Å². The van der Waals surface area contributed by atoms with Crippen molar-refractivity contribution in [2.75, 3.05) is 0 Å². The maximum atomic E-state index is 12.3. The number of carboxylic acids is 1. The number of benzene rings is 1. The fraction of sp³-hybridized carbons (Fsp3) is 0.182. The van der Waals surface area contributed by atoms with Crippen molar-refractivity contribution in [1.29, 1.82) is 0 Å². The van der Waals surface area contributed by atoms with E-state index in [4.69, 9.17) is 5.11 Å². The van der Waals surface area contributed by atoms with Crippen LogP contribution in [0.1, 0.15) is 11.3 Å². The minimum absolute atomic E-state index is 0.0893. The zero-order valence-corrected chi connectivity index (χ0v) is 8.41. The van der Waals surface area contributed by atoms with Gasteiger partial charge in [-0.15, -0.1) is 0 Å². The molecule has 1 aromatic carbocycles. The van der Waals surface area contributed by atoms with Gasteiger partial charge < -0.3 is 9.52 Å². The van der Waals surface area contributed by atoms with Gasteiger partial charge >= 0.3 is 12.1 Å². The molecule has 0 radical (unpaired) electrons. The van der Waals surface area contributed by atoms with Crippen LogP contribution in [0.15, 0.2) is 28.7 Å². The molecule has 2 aromatic rings. The van der Waals surface area contributed by atoms with E-state index < -0.39 is 17.9 Å². The first-order valence-corrected chi connectivity index (χ1v) is 4.68. The summed E-state index contributed by atoms with van der Waals surface area (Å²) in [6, 6.07) is 5.01. The van der Waals surface area contributed by atoms with Crippen LogP contribution >= 0.6 is 0 Å². The molecule has 90 valence electrons. The summed E-state index contributed by atoms with van der Waals surface area (Å²) < 4.78 is 41.7. The molecule has 0 aliphatic rings. The highest BCUT2D eigenvalue weighted by Crippen LogP contribution is 2.33. The normalized spacial score (nSPS) is 11.9. The molecule has 0 amide bonds. The van der Waals surface area contributed by atoms with Gasteiger partial charge in [0.25, 0.3) is 0 Å². The van der Waals surface area contributed by atoms with Gasteiger partial charge in [0.1, 0.15) is 5.58 Å². The summed E-state index contributed by atoms with van der Waals surface area (Å²) >= 11 is 0. The molecule has 0 spiro atoms. The molecule has 1 N–H and O–H groups in total. The van der Waals surface area contributed by atoms with Crippen molar-refractivity contribution in [2.24, 2.45) is 0 Å². The third kappa shape index (κ3) is 2.41. The minimum atomic E-state index is -4.54. The lowest BCUT2D eigenvalue weighted by Crippen LogP contribution is -2.01. The number of carbonyl (C=O) groups is 1. The van der Waals surface area contributed by atoms with Crippen molar-refractivity contribution in [3.63, 3.8) is 0 Å². The van der Waals surface area contributed by atoms with Crippen LogP contribution in [0.2, 0.25) is 0 Å². The molecular formula is C11H7F3O3. The van der Waals surface area contributed by atoms with Crippen LogP contribution in [-0.2, 0) is 17.4 Å². The SMILES string of the molecule is O=C(O)Cc1ccc2oc(C(F)(F)F)cc2c1. The van der Waals surface area contributed by atoms with E-state index in [0.717, 1.165) is 6.07 Å². The van der Waals surface area contributed by atoms with Crippen molar-refractivity contribution >= 4 is 16.9 Å². The number of hydrogen-bond acceptors (Lipinski definition) is 2. The standard InChI is InChI=1S/C11H7F3O3/c12-11(13,14)9-5-7-3-6(4-10(15)16)1-2-8(7)17-9/h1-3,5H,4H2,(H,15,16). The van der Waals surface area contributed by atoms with E-state index in [2.05, 4.69) is 4.42 Å². The Balaban J connectivity index is 2.44. The fourth-order valence-corrected chi connectivity index (χ4v) is 1.52. The largest absolute Gasteiger partial charge is 0.481 e. The second-order valence-corrected chi connectivity index (χ2v) is 3.55. The summed E-state index contributed by atoms with van der Waals surface area (Å²) in [5.74, 6) is -2.12. The van der Waals surface area contributed by atoms with E-state index in [9.17, 15) is 18.0 Å². The molecule has 2 rings (SSSR count). The lowest BCUT2D eigenvalue weighted by molar-refractivity contribution is -0.152. The van der Waals surface area contributed by atoms with E-state index in [1.807, 2.05) is 0 Å². The summed E-state index contributed by atoms with van der Waals surface area (Å²) in [5.41, 5.74) is 0.519. The molecule has 0 bridgehead atoms. The van der Waals surface area contributed by atoms with Crippen molar-refractivity contribution in [3.8, 4) is 0 Å². The van der Waals surface area contributed by atoms with Crippen LogP contribution in [0, 0.1) is 0 Å². The van der Waals surface area contributed by atoms with Crippen LogP contribution in [0.25, 0.3) is 11.0 Å². The van der Waals surface area contributed by atoms with E-state index in [1.54, 1.807) is 0 Å². The smallest absolute Gasteiger partial charge is 0.449 e. The zero-order chi connectivity index (χ0) is 12.6. The Morgan fingerprint density at radius 3 is 2.59 bits per heavy atom. The van der Waals surface area contributed by atoms with Crippen LogP contribution in [0.3, 0.4) is 0 Å².